The Kier molecular flexibility index (Phi) is 7.63. The first kappa shape index (κ1) is 18.3. The fourth-order valence-electron chi connectivity index (χ4n) is 2.29. The summed E-state index contributed by atoms with van der Waals surface area (Å²) in [6.07, 6.45) is 7.64. The quantitative estimate of drug-likeness (QED) is 0.437. The van der Waals surface area contributed by atoms with Gasteiger partial charge in [-0.25, -0.2) is 0 Å². The number of aliphatic imine (C=N–C) groups is 1. The zero-order valence-electron chi connectivity index (χ0n) is 14.0. The predicted molar refractivity (Wildman–Crippen MR) is 101 cm³/mol. The lowest BCUT2D eigenvalue weighted by atomic mass is 10.2. The van der Waals surface area contributed by atoms with Gasteiger partial charge in [-0.05, 0) is 42.8 Å². The van der Waals surface area contributed by atoms with E-state index in [0.29, 0.717) is 22.9 Å². The number of unbranched alkanes of at least 4 members (excludes halogenated alkanes) is 4. The van der Waals surface area contributed by atoms with Crippen molar-refractivity contribution in [2.24, 2.45) is 4.99 Å². The summed E-state index contributed by atoms with van der Waals surface area (Å²) in [5.74, 6) is 0.850. The highest BCUT2D eigenvalue weighted by Crippen LogP contribution is 2.24. The molecule has 128 valence electrons. The third-order valence-electron chi connectivity index (χ3n) is 3.70. The number of hydrogen-bond donors (Lipinski definition) is 1. The Labute approximate surface area is 149 Å². The lowest BCUT2D eigenvalue weighted by molar-refractivity contribution is 0.303. The van der Waals surface area contributed by atoms with Crippen molar-refractivity contribution < 1.29 is 9.84 Å². The summed E-state index contributed by atoms with van der Waals surface area (Å²) in [4.78, 5) is 4.33. The zero-order chi connectivity index (χ0) is 17.2. The molecule has 0 aliphatic rings. The normalized spacial score (nSPS) is 11.1. The first-order valence-corrected chi connectivity index (χ1v) is 8.82. The number of ether oxygens (including phenoxy) is 1. The molecule has 0 atom stereocenters. The fraction of sp³-hybridized carbons (Fsp3) is 0.350. The van der Waals surface area contributed by atoms with Crippen LogP contribution in [0.5, 0.6) is 11.5 Å². The lowest BCUT2D eigenvalue weighted by Gasteiger charge is -2.07. The van der Waals surface area contributed by atoms with Crippen LogP contribution in [0.25, 0.3) is 0 Å². The Balaban J connectivity index is 1.86. The highest BCUT2D eigenvalue weighted by molar-refractivity contribution is 6.30. The first-order valence-electron chi connectivity index (χ1n) is 8.44. The van der Waals surface area contributed by atoms with Gasteiger partial charge in [-0.3, -0.25) is 4.99 Å². The number of aromatic hydroxyl groups is 1. The molecule has 4 heteroatoms. The molecule has 2 rings (SSSR count). The average molecular weight is 346 g/mol. The van der Waals surface area contributed by atoms with Gasteiger partial charge in [-0.1, -0.05) is 44.2 Å². The Morgan fingerprint density at radius 2 is 1.79 bits per heavy atom. The third kappa shape index (κ3) is 6.25. The van der Waals surface area contributed by atoms with E-state index in [-0.39, 0.29) is 5.75 Å². The van der Waals surface area contributed by atoms with Crippen LogP contribution < -0.4 is 4.74 Å². The third-order valence-corrected chi connectivity index (χ3v) is 3.95. The van der Waals surface area contributed by atoms with E-state index in [4.69, 9.17) is 16.3 Å². The van der Waals surface area contributed by atoms with Crippen LogP contribution in [0.15, 0.2) is 47.5 Å². The van der Waals surface area contributed by atoms with E-state index < -0.39 is 0 Å². The molecule has 0 radical (unpaired) electrons. The minimum atomic E-state index is 0.163. The SMILES string of the molecule is CCCCCCCOc1ccc(C=Nc2ccc(Cl)cc2)c(O)c1. The van der Waals surface area contributed by atoms with Gasteiger partial charge in [0.2, 0.25) is 0 Å². The van der Waals surface area contributed by atoms with E-state index in [2.05, 4.69) is 11.9 Å². The van der Waals surface area contributed by atoms with Crippen LogP contribution >= 0.6 is 11.6 Å². The van der Waals surface area contributed by atoms with Gasteiger partial charge < -0.3 is 9.84 Å². The highest BCUT2D eigenvalue weighted by atomic mass is 35.5. The van der Waals surface area contributed by atoms with Crippen LogP contribution in [0, 0.1) is 0 Å². The predicted octanol–water partition coefficient (Wildman–Crippen LogP) is 6.15. The second kappa shape index (κ2) is 9.99. The van der Waals surface area contributed by atoms with Crippen molar-refractivity contribution in [2.45, 2.75) is 39.0 Å². The Hall–Kier alpha value is -2.00. The minimum absolute atomic E-state index is 0.163. The summed E-state index contributed by atoms with van der Waals surface area (Å²) in [6.45, 7) is 2.89. The Bertz CT molecular complexity index is 653. The summed E-state index contributed by atoms with van der Waals surface area (Å²) in [7, 11) is 0. The molecule has 2 aromatic rings. The van der Waals surface area contributed by atoms with E-state index in [1.165, 1.54) is 25.7 Å². The second-order valence-electron chi connectivity index (χ2n) is 5.72. The molecule has 2 aromatic carbocycles. The molecule has 3 nitrogen and oxygen atoms in total. The van der Waals surface area contributed by atoms with Gasteiger partial charge in [0, 0.05) is 22.9 Å². The van der Waals surface area contributed by atoms with Crippen LogP contribution in [-0.2, 0) is 0 Å². The van der Waals surface area contributed by atoms with Crippen molar-refractivity contribution in [3.63, 3.8) is 0 Å². The molecular formula is C20H24ClNO2. The van der Waals surface area contributed by atoms with Crippen molar-refractivity contribution in [1.29, 1.82) is 0 Å². The topological polar surface area (TPSA) is 41.8 Å². The maximum atomic E-state index is 10.1. The van der Waals surface area contributed by atoms with Gasteiger partial charge in [0.1, 0.15) is 11.5 Å². The van der Waals surface area contributed by atoms with E-state index in [1.54, 1.807) is 30.5 Å². The van der Waals surface area contributed by atoms with Gasteiger partial charge in [-0.2, -0.15) is 0 Å². The molecule has 1 N–H and O–H groups in total. The standard InChI is InChI=1S/C20H24ClNO2/c1-2-3-4-5-6-13-24-19-12-7-16(20(23)14-19)15-22-18-10-8-17(21)9-11-18/h7-12,14-15,23H,2-6,13H2,1H3. The molecule has 24 heavy (non-hydrogen) atoms. The summed E-state index contributed by atoms with van der Waals surface area (Å²) >= 11 is 5.84. The van der Waals surface area contributed by atoms with E-state index in [0.717, 1.165) is 12.1 Å². The number of benzene rings is 2. The molecule has 0 bridgehead atoms. The summed E-state index contributed by atoms with van der Waals surface area (Å²) < 4.78 is 5.68. The van der Waals surface area contributed by atoms with Gasteiger partial charge in [0.05, 0.1) is 12.3 Å². The summed E-state index contributed by atoms with van der Waals surface area (Å²) in [6, 6.07) is 12.5. The molecule has 0 saturated heterocycles. The van der Waals surface area contributed by atoms with Crippen LogP contribution in [0.1, 0.15) is 44.6 Å². The molecule has 0 fully saturated rings. The molecule has 0 heterocycles. The number of phenols is 1. The highest BCUT2D eigenvalue weighted by Gasteiger charge is 2.02. The zero-order valence-corrected chi connectivity index (χ0v) is 14.8. The minimum Gasteiger partial charge on any atom is -0.507 e. The second-order valence-corrected chi connectivity index (χ2v) is 6.15. The maximum absolute atomic E-state index is 10.1. The fourth-order valence-corrected chi connectivity index (χ4v) is 2.42. The molecule has 0 aliphatic heterocycles. The van der Waals surface area contributed by atoms with Crippen LogP contribution in [0.2, 0.25) is 5.02 Å². The van der Waals surface area contributed by atoms with E-state index in [9.17, 15) is 5.11 Å². The van der Waals surface area contributed by atoms with Gasteiger partial charge in [0.15, 0.2) is 0 Å². The first-order chi connectivity index (χ1) is 11.7. The Morgan fingerprint density at radius 1 is 1.04 bits per heavy atom. The number of nitrogens with zero attached hydrogens (tertiary/aromatic N) is 1. The molecule has 0 aromatic heterocycles. The number of phenolic OH excluding ortho intramolecular Hbond substituents is 1. The van der Waals surface area contributed by atoms with E-state index in [1.807, 2.05) is 18.2 Å². The van der Waals surface area contributed by atoms with E-state index >= 15 is 0 Å². The van der Waals surface area contributed by atoms with Gasteiger partial charge in [0.25, 0.3) is 0 Å². The molecule has 0 aliphatic carbocycles. The number of rotatable bonds is 9. The molecular weight excluding hydrogens is 322 g/mol. The van der Waals surface area contributed by atoms with Gasteiger partial charge >= 0.3 is 0 Å². The largest absolute Gasteiger partial charge is 0.507 e. The number of halogens is 1. The monoisotopic (exact) mass is 345 g/mol. The molecule has 0 saturated carbocycles. The average Bonchev–Trinajstić information content (AvgIpc) is 2.59. The van der Waals surface area contributed by atoms with Crippen LogP contribution in [0.3, 0.4) is 0 Å². The smallest absolute Gasteiger partial charge is 0.128 e. The number of hydrogen-bond acceptors (Lipinski definition) is 3. The van der Waals surface area contributed by atoms with Crippen LogP contribution in [0.4, 0.5) is 5.69 Å². The van der Waals surface area contributed by atoms with Crippen molar-refractivity contribution >= 4 is 23.5 Å². The van der Waals surface area contributed by atoms with Crippen molar-refractivity contribution in [1.82, 2.24) is 0 Å². The Morgan fingerprint density at radius 3 is 2.50 bits per heavy atom. The molecule has 0 amide bonds. The van der Waals surface area contributed by atoms with Gasteiger partial charge in [-0.15, -0.1) is 0 Å². The van der Waals surface area contributed by atoms with Crippen molar-refractivity contribution in [3.8, 4) is 11.5 Å². The lowest BCUT2D eigenvalue weighted by Crippen LogP contribution is -1.97. The maximum Gasteiger partial charge on any atom is 0.128 e. The summed E-state index contributed by atoms with van der Waals surface area (Å²) in [5, 5.41) is 10.8. The molecule has 0 unspecified atom stereocenters. The van der Waals surface area contributed by atoms with Crippen molar-refractivity contribution in [2.75, 3.05) is 6.61 Å². The summed E-state index contributed by atoms with van der Waals surface area (Å²) in [5.41, 5.74) is 1.44. The molecule has 0 spiro atoms. The van der Waals surface area contributed by atoms with Crippen LogP contribution in [-0.4, -0.2) is 17.9 Å². The van der Waals surface area contributed by atoms with Crippen molar-refractivity contribution in [3.05, 3.63) is 53.1 Å².